The molecule has 0 radical (unpaired) electrons. The molecule has 1 aliphatic rings. The van der Waals surface area contributed by atoms with Crippen molar-refractivity contribution in [2.45, 2.75) is 26.0 Å². The number of aromatic nitrogens is 1. The van der Waals surface area contributed by atoms with Crippen LogP contribution in [0, 0.1) is 0 Å². The summed E-state index contributed by atoms with van der Waals surface area (Å²) < 4.78 is 16.9. The molecule has 0 amide bonds. The second-order valence-electron chi connectivity index (χ2n) is 5.10. The Morgan fingerprint density at radius 2 is 2.05 bits per heavy atom. The van der Waals surface area contributed by atoms with Crippen molar-refractivity contribution in [2.24, 2.45) is 0 Å². The van der Waals surface area contributed by atoms with E-state index in [1.165, 1.54) is 0 Å². The van der Waals surface area contributed by atoms with Gasteiger partial charge in [-0.3, -0.25) is 0 Å². The summed E-state index contributed by atoms with van der Waals surface area (Å²) in [6.07, 6.45) is 1.09. The fourth-order valence-corrected chi connectivity index (χ4v) is 2.60. The van der Waals surface area contributed by atoms with E-state index in [-0.39, 0.29) is 6.10 Å². The van der Waals surface area contributed by atoms with E-state index in [1.54, 1.807) is 14.2 Å². The third-order valence-electron chi connectivity index (χ3n) is 3.81. The van der Waals surface area contributed by atoms with Crippen molar-refractivity contribution >= 4 is 10.9 Å². The van der Waals surface area contributed by atoms with Crippen molar-refractivity contribution in [1.82, 2.24) is 10.3 Å². The van der Waals surface area contributed by atoms with E-state index in [4.69, 9.17) is 14.2 Å². The van der Waals surface area contributed by atoms with Crippen LogP contribution >= 0.6 is 0 Å². The van der Waals surface area contributed by atoms with Gasteiger partial charge in [-0.05, 0) is 24.6 Å². The number of hydrogen-bond donors (Lipinski definition) is 1. The maximum absolute atomic E-state index is 6.02. The highest BCUT2D eigenvalue weighted by Crippen LogP contribution is 2.35. The molecular formula is C16H20N2O3. The van der Waals surface area contributed by atoms with Gasteiger partial charge >= 0.3 is 0 Å². The molecule has 3 rings (SSSR count). The fourth-order valence-electron chi connectivity index (χ4n) is 2.60. The van der Waals surface area contributed by atoms with E-state index in [1.807, 2.05) is 12.1 Å². The van der Waals surface area contributed by atoms with E-state index in [9.17, 15) is 0 Å². The summed E-state index contributed by atoms with van der Waals surface area (Å²) in [5, 5.41) is 4.34. The number of ether oxygens (including phenoxy) is 3. The smallest absolute Gasteiger partial charge is 0.218 e. The van der Waals surface area contributed by atoms with Crippen molar-refractivity contribution in [3.05, 3.63) is 23.8 Å². The van der Waals surface area contributed by atoms with Gasteiger partial charge < -0.3 is 19.5 Å². The number of rotatable bonds is 3. The van der Waals surface area contributed by atoms with Gasteiger partial charge in [0.25, 0.3) is 0 Å². The van der Waals surface area contributed by atoms with Crippen molar-refractivity contribution in [2.75, 3.05) is 20.8 Å². The standard InChI is InChI=1S/C16H20N2O3/c1-4-11-9-17-8-10-7-12-13(19-2)5-6-14(20-3)15(12)18-16(10)21-11/h5-7,11,17H,4,8-9H2,1-3H3/t11-/m1/s1. The van der Waals surface area contributed by atoms with E-state index in [0.29, 0.717) is 5.88 Å². The number of hydrogen-bond acceptors (Lipinski definition) is 5. The zero-order valence-corrected chi connectivity index (χ0v) is 12.6. The lowest BCUT2D eigenvalue weighted by molar-refractivity contribution is 0.194. The molecular weight excluding hydrogens is 268 g/mol. The molecule has 1 atom stereocenters. The first kappa shape index (κ1) is 13.9. The van der Waals surface area contributed by atoms with Crippen LogP contribution < -0.4 is 19.5 Å². The summed E-state index contributed by atoms with van der Waals surface area (Å²) in [6, 6.07) is 5.84. The number of pyridine rings is 1. The maximum atomic E-state index is 6.02. The number of nitrogens with one attached hydrogen (secondary N) is 1. The number of benzene rings is 1. The predicted molar refractivity (Wildman–Crippen MR) is 81.3 cm³/mol. The molecule has 1 aromatic carbocycles. The molecule has 0 spiro atoms. The van der Waals surface area contributed by atoms with E-state index in [2.05, 4.69) is 23.3 Å². The minimum absolute atomic E-state index is 0.146. The van der Waals surface area contributed by atoms with Crippen LogP contribution in [0.1, 0.15) is 18.9 Å². The SMILES string of the molecule is CC[C@@H]1CNCc2cc3c(OC)ccc(OC)c3nc2O1. The Labute approximate surface area is 124 Å². The van der Waals surface area contributed by atoms with Crippen molar-refractivity contribution < 1.29 is 14.2 Å². The average Bonchev–Trinajstić information content (AvgIpc) is 2.73. The second kappa shape index (κ2) is 5.77. The Balaban J connectivity index is 2.19. The maximum Gasteiger partial charge on any atom is 0.218 e. The quantitative estimate of drug-likeness (QED) is 0.940. The molecule has 0 bridgehead atoms. The molecule has 5 nitrogen and oxygen atoms in total. The first-order valence-electron chi connectivity index (χ1n) is 7.18. The first-order chi connectivity index (χ1) is 10.3. The molecule has 2 aromatic rings. The van der Waals surface area contributed by atoms with Gasteiger partial charge in [0.1, 0.15) is 23.1 Å². The van der Waals surface area contributed by atoms with Crippen molar-refractivity contribution in [3.63, 3.8) is 0 Å². The largest absolute Gasteiger partial charge is 0.496 e. The number of methoxy groups -OCH3 is 2. The summed E-state index contributed by atoms with van der Waals surface area (Å²) in [5.41, 5.74) is 1.82. The average molecular weight is 288 g/mol. The van der Waals surface area contributed by atoms with Crippen LogP contribution in [-0.4, -0.2) is 31.9 Å². The lowest BCUT2D eigenvalue weighted by Gasteiger charge is -2.16. The number of fused-ring (bicyclic) bond motifs is 2. The van der Waals surface area contributed by atoms with Crippen LogP contribution in [0.3, 0.4) is 0 Å². The van der Waals surface area contributed by atoms with Crippen molar-refractivity contribution in [1.29, 1.82) is 0 Å². The zero-order chi connectivity index (χ0) is 14.8. The van der Waals surface area contributed by atoms with Gasteiger partial charge in [0.2, 0.25) is 5.88 Å². The van der Waals surface area contributed by atoms with Crippen LogP contribution in [0.15, 0.2) is 18.2 Å². The third kappa shape index (κ3) is 2.49. The van der Waals surface area contributed by atoms with E-state index >= 15 is 0 Å². The summed E-state index contributed by atoms with van der Waals surface area (Å²) in [5.74, 6) is 2.20. The lowest BCUT2D eigenvalue weighted by Crippen LogP contribution is -2.27. The van der Waals surface area contributed by atoms with Crippen molar-refractivity contribution in [3.8, 4) is 17.4 Å². The molecule has 0 aliphatic carbocycles. The molecule has 21 heavy (non-hydrogen) atoms. The monoisotopic (exact) mass is 288 g/mol. The Kier molecular flexibility index (Phi) is 3.84. The minimum Gasteiger partial charge on any atom is -0.496 e. The Hall–Kier alpha value is -2.01. The molecule has 0 saturated carbocycles. The van der Waals surface area contributed by atoms with Crippen LogP contribution in [0.4, 0.5) is 0 Å². The Morgan fingerprint density at radius 1 is 1.29 bits per heavy atom. The third-order valence-corrected chi connectivity index (χ3v) is 3.81. The molecule has 5 heteroatoms. The van der Waals surface area contributed by atoms with E-state index < -0.39 is 0 Å². The molecule has 1 N–H and O–H groups in total. The van der Waals surface area contributed by atoms with Crippen LogP contribution in [0.2, 0.25) is 0 Å². The van der Waals surface area contributed by atoms with Gasteiger partial charge in [0, 0.05) is 24.0 Å². The summed E-state index contributed by atoms with van der Waals surface area (Å²) >= 11 is 0. The highest BCUT2D eigenvalue weighted by atomic mass is 16.5. The van der Waals surface area contributed by atoms with Gasteiger partial charge in [0.05, 0.1) is 14.2 Å². The van der Waals surface area contributed by atoms with Gasteiger partial charge in [0.15, 0.2) is 0 Å². The van der Waals surface area contributed by atoms with Gasteiger partial charge in [-0.1, -0.05) is 6.92 Å². The zero-order valence-electron chi connectivity index (χ0n) is 12.6. The Bertz CT molecular complexity index is 658. The number of nitrogens with zero attached hydrogens (tertiary/aromatic N) is 1. The van der Waals surface area contributed by atoms with Gasteiger partial charge in [-0.25, -0.2) is 4.98 Å². The Morgan fingerprint density at radius 3 is 2.76 bits per heavy atom. The topological polar surface area (TPSA) is 52.6 Å². The first-order valence-corrected chi connectivity index (χ1v) is 7.18. The normalized spacial score (nSPS) is 17.8. The summed E-state index contributed by atoms with van der Waals surface area (Å²) in [4.78, 5) is 4.69. The molecule has 1 aromatic heterocycles. The van der Waals surface area contributed by atoms with Crippen LogP contribution in [-0.2, 0) is 6.54 Å². The fraction of sp³-hybridized carbons (Fsp3) is 0.438. The second-order valence-corrected chi connectivity index (χ2v) is 5.10. The highest BCUT2D eigenvalue weighted by molar-refractivity contribution is 5.91. The molecule has 0 unspecified atom stereocenters. The summed E-state index contributed by atoms with van der Waals surface area (Å²) in [7, 11) is 3.31. The molecule has 0 fully saturated rings. The molecule has 112 valence electrons. The molecule has 1 aliphatic heterocycles. The minimum atomic E-state index is 0.146. The summed E-state index contributed by atoms with van der Waals surface area (Å²) in [6.45, 7) is 3.69. The lowest BCUT2D eigenvalue weighted by atomic mass is 10.1. The molecule has 0 saturated heterocycles. The van der Waals surface area contributed by atoms with E-state index in [0.717, 1.165) is 47.5 Å². The highest BCUT2D eigenvalue weighted by Gasteiger charge is 2.20. The van der Waals surface area contributed by atoms with Gasteiger partial charge in [-0.15, -0.1) is 0 Å². The predicted octanol–water partition coefficient (Wildman–Crippen LogP) is 2.51. The molecule has 2 heterocycles. The van der Waals surface area contributed by atoms with Gasteiger partial charge in [-0.2, -0.15) is 0 Å². The van der Waals surface area contributed by atoms with Crippen LogP contribution in [0.25, 0.3) is 10.9 Å². The van der Waals surface area contributed by atoms with Crippen LogP contribution in [0.5, 0.6) is 17.4 Å².